The summed E-state index contributed by atoms with van der Waals surface area (Å²) in [6, 6.07) is 17.0. The molecular formula is C48H57BN8O11. The minimum Gasteiger partial charge on any atom is -0.409 e. The van der Waals surface area contributed by atoms with E-state index in [9.17, 15) is 28.8 Å². The zero-order chi connectivity index (χ0) is 48.0. The highest BCUT2D eigenvalue weighted by Crippen LogP contribution is 2.46. The highest BCUT2D eigenvalue weighted by Gasteiger charge is 2.36. The Hall–Kier alpha value is -6.45. The average Bonchev–Trinajstić information content (AvgIpc) is 4.05. The van der Waals surface area contributed by atoms with Crippen LogP contribution in [0.4, 0.5) is 10.5 Å². The van der Waals surface area contributed by atoms with Crippen LogP contribution >= 0.6 is 0 Å². The molecule has 3 aliphatic rings. The molecule has 68 heavy (non-hydrogen) atoms. The van der Waals surface area contributed by atoms with Crippen LogP contribution in [0.5, 0.6) is 5.75 Å². The molecule has 0 unspecified atom stereocenters. The van der Waals surface area contributed by atoms with Gasteiger partial charge in [-0.1, -0.05) is 36.7 Å². The molecule has 7 rings (SSSR count). The first-order chi connectivity index (χ1) is 33.0. The Morgan fingerprint density at radius 3 is 2.15 bits per heavy atom. The molecule has 0 saturated carbocycles. The van der Waals surface area contributed by atoms with E-state index in [1.807, 2.05) is 49.5 Å². The summed E-state index contributed by atoms with van der Waals surface area (Å²) in [6.45, 7) is 7.67. The van der Waals surface area contributed by atoms with Gasteiger partial charge >= 0.3 is 6.09 Å². The van der Waals surface area contributed by atoms with Crippen molar-refractivity contribution in [2.24, 2.45) is 5.10 Å². The molecule has 1 aromatic heterocycles. The van der Waals surface area contributed by atoms with Gasteiger partial charge in [0.05, 0.1) is 78.5 Å². The molecule has 1 atom stereocenters. The standard InChI is InChI=1S/C48H57BN8O11/c1-32(52-53-43(59)12-19-64-21-23-66-25-26-67-24-22-65-20-13-50-42(58)11-14-56-44(60)9-10-45(56)61)33-7-8-38-34(27-33)28-39(51-38)47(62)57-31-35(30-49)46-37-6-4-3-5-36(37)41(29-40(46)57)68-48(63)55-17-15-54(2)16-18-55/h3-10,27-29,35,51H,11-26,30-31H2,1-2H3,(H,50,58)(H,53,59)/b52-32+/t35-/m1/s1. The number of likely N-dealkylation sites (N-methyl/N-ethyl adjacent to an activating group) is 1. The van der Waals surface area contributed by atoms with Gasteiger partial charge in [-0.2, -0.15) is 5.10 Å². The number of hydrazone groups is 1. The summed E-state index contributed by atoms with van der Waals surface area (Å²) < 4.78 is 28.0. The molecule has 20 heteroatoms. The third-order valence-electron chi connectivity index (χ3n) is 11.9. The van der Waals surface area contributed by atoms with Gasteiger partial charge in [-0.3, -0.25) is 28.9 Å². The number of hydrogen-bond acceptors (Lipinski definition) is 13. The van der Waals surface area contributed by atoms with Crippen LogP contribution in [0.25, 0.3) is 21.7 Å². The summed E-state index contributed by atoms with van der Waals surface area (Å²) in [4.78, 5) is 85.0. The molecule has 3 aliphatic heterocycles. The number of fused-ring (bicyclic) bond motifs is 4. The van der Waals surface area contributed by atoms with E-state index in [0.29, 0.717) is 102 Å². The summed E-state index contributed by atoms with van der Waals surface area (Å²) in [5, 5.41) is 9.43. The Morgan fingerprint density at radius 1 is 0.794 bits per heavy atom. The Labute approximate surface area is 395 Å². The van der Waals surface area contributed by atoms with Crippen molar-refractivity contribution in [1.82, 2.24) is 30.4 Å². The minimum absolute atomic E-state index is 0.0254. The first-order valence-corrected chi connectivity index (χ1v) is 22.8. The summed E-state index contributed by atoms with van der Waals surface area (Å²) >= 11 is 0. The number of hydrogen-bond donors (Lipinski definition) is 3. The van der Waals surface area contributed by atoms with Crippen LogP contribution in [-0.4, -0.2) is 175 Å². The number of nitrogens with one attached hydrogen (secondary N) is 3. The van der Waals surface area contributed by atoms with Crippen molar-refractivity contribution < 1.29 is 52.5 Å². The molecular weight excluding hydrogens is 875 g/mol. The number of piperazine rings is 1. The van der Waals surface area contributed by atoms with E-state index in [1.54, 1.807) is 28.9 Å². The fourth-order valence-electron chi connectivity index (χ4n) is 8.06. The molecule has 6 amide bonds. The molecule has 4 heterocycles. The van der Waals surface area contributed by atoms with E-state index in [0.717, 1.165) is 50.8 Å². The number of nitrogens with zero attached hydrogens (tertiary/aromatic N) is 5. The van der Waals surface area contributed by atoms with Crippen molar-refractivity contribution >= 4 is 76.5 Å². The second kappa shape index (κ2) is 24.0. The Kier molecular flexibility index (Phi) is 17.5. The van der Waals surface area contributed by atoms with Gasteiger partial charge in [-0.25, -0.2) is 10.2 Å². The van der Waals surface area contributed by atoms with E-state index < -0.39 is 17.9 Å². The summed E-state index contributed by atoms with van der Waals surface area (Å²) in [7, 11) is 8.32. The van der Waals surface area contributed by atoms with Crippen molar-refractivity contribution in [1.29, 1.82) is 0 Å². The Balaban J connectivity index is 0.796. The van der Waals surface area contributed by atoms with Gasteiger partial charge in [0, 0.05) is 86.7 Å². The van der Waals surface area contributed by atoms with Gasteiger partial charge in [0.25, 0.3) is 17.7 Å². The summed E-state index contributed by atoms with van der Waals surface area (Å²) in [5.41, 5.74) is 6.67. The van der Waals surface area contributed by atoms with E-state index >= 15 is 0 Å². The third-order valence-corrected chi connectivity index (χ3v) is 11.9. The Morgan fingerprint density at radius 2 is 1.46 bits per heavy atom. The number of H-pyrrole nitrogens is 1. The lowest BCUT2D eigenvalue weighted by molar-refractivity contribution is -0.137. The van der Waals surface area contributed by atoms with Crippen LogP contribution in [0.3, 0.4) is 0 Å². The quantitative estimate of drug-likeness (QED) is 0.0322. The van der Waals surface area contributed by atoms with Crippen molar-refractivity contribution in [2.75, 3.05) is 111 Å². The number of carbonyl (C=O) groups excluding carboxylic acids is 6. The molecule has 2 radical (unpaired) electrons. The predicted molar refractivity (Wildman–Crippen MR) is 254 cm³/mol. The molecule has 0 bridgehead atoms. The predicted octanol–water partition coefficient (Wildman–Crippen LogP) is 3.13. The van der Waals surface area contributed by atoms with Crippen molar-refractivity contribution in [3.05, 3.63) is 83.6 Å². The van der Waals surface area contributed by atoms with Gasteiger partial charge in [0.1, 0.15) is 11.4 Å². The van der Waals surface area contributed by atoms with Crippen LogP contribution in [0.1, 0.15) is 47.3 Å². The minimum atomic E-state index is -0.419. The number of benzene rings is 3. The highest BCUT2D eigenvalue weighted by atomic mass is 16.6. The fraction of sp³-hybridized carbons (Fsp3) is 0.438. The fourth-order valence-corrected chi connectivity index (χ4v) is 8.06. The molecule has 0 aliphatic carbocycles. The molecule has 1 saturated heterocycles. The first kappa shape index (κ1) is 49.5. The van der Waals surface area contributed by atoms with E-state index in [4.69, 9.17) is 31.5 Å². The average molecular weight is 933 g/mol. The van der Waals surface area contributed by atoms with Gasteiger partial charge in [0.15, 0.2) is 0 Å². The zero-order valence-corrected chi connectivity index (χ0v) is 38.5. The van der Waals surface area contributed by atoms with E-state index in [2.05, 4.69) is 25.7 Å². The lowest BCUT2D eigenvalue weighted by Crippen LogP contribution is -2.48. The van der Waals surface area contributed by atoms with Crippen LogP contribution in [0, 0.1) is 0 Å². The zero-order valence-electron chi connectivity index (χ0n) is 38.5. The van der Waals surface area contributed by atoms with Crippen molar-refractivity contribution in [2.45, 2.75) is 32.0 Å². The molecule has 3 aromatic carbocycles. The topological polar surface area (TPSA) is 214 Å². The van der Waals surface area contributed by atoms with Gasteiger partial charge in [-0.15, -0.1) is 0 Å². The third kappa shape index (κ3) is 12.7. The normalized spacial score (nSPS) is 16.3. The maximum Gasteiger partial charge on any atom is 0.415 e. The number of anilines is 1. The van der Waals surface area contributed by atoms with Gasteiger partial charge in [-0.05, 0) is 54.6 Å². The number of imide groups is 1. The molecule has 1 fully saturated rings. The number of rotatable bonds is 23. The number of amides is 6. The number of ether oxygens (including phenoxy) is 5. The molecule has 4 aromatic rings. The largest absolute Gasteiger partial charge is 0.415 e. The van der Waals surface area contributed by atoms with Crippen molar-refractivity contribution in [3.8, 4) is 5.75 Å². The highest BCUT2D eigenvalue weighted by molar-refractivity contribution is 6.14. The molecule has 19 nitrogen and oxygen atoms in total. The van der Waals surface area contributed by atoms with E-state index in [-0.39, 0.29) is 49.6 Å². The van der Waals surface area contributed by atoms with E-state index in [1.165, 1.54) is 12.2 Å². The SMILES string of the molecule is [B]C[C@@H]1CN(C(=O)c2cc3cc(/C(C)=N/NC(=O)CCOCCOCCOCCOCCNC(=O)CCN4C(=O)C=CC4=O)ccc3[nH]2)c2cc(OC(=O)N3CCN(C)CC3)c3ccccc3c21. The summed E-state index contributed by atoms with van der Waals surface area (Å²) in [5.74, 6) is -1.38. The summed E-state index contributed by atoms with van der Waals surface area (Å²) in [6.07, 6.45) is 2.40. The Bertz CT molecular complexity index is 2520. The van der Waals surface area contributed by atoms with Crippen molar-refractivity contribution in [3.63, 3.8) is 0 Å². The molecule has 3 N–H and O–H groups in total. The first-order valence-electron chi connectivity index (χ1n) is 22.8. The maximum atomic E-state index is 14.3. The lowest BCUT2D eigenvalue weighted by atomic mass is 9.85. The van der Waals surface area contributed by atoms with Crippen LogP contribution in [-0.2, 0) is 38.1 Å². The smallest absolute Gasteiger partial charge is 0.409 e. The monoisotopic (exact) mass is 932 g/mol. The molecule has 358 valence electrons. The van der Waals surface area contributed by atoms with Crippen LogP contribution in [0.2, 0.25) is 6.32 Å². The van der Waals surface area contributed by atoms with Crippen LogP contribution < -0.4 is 20.4 Å². The van der Waals surface area contributed by atoms with Gasteiger partial charge < -0.3 is 48.7 Å². The number of carbonyl (C=O) groups is 6. The van der Waals surface area contributed by atoms with Crippen LogP contribution in [0.15, 0.2) is 71.9 Å². The van der Waals surface area contributed by atoms with Gasteiger partial charge in [0.2, 0.25) is 11.8 Å². The number of aromatic amines is 1. The maximum absolute atomic E-state index is 14.3. The molecule has 0 spiro atoms. The second-order valence-electron chi connectivity index (χ2n) is 16.5. The lowest BCUT2D eigenvalue weighted by Gasteiger charge is -2.31. The second-order valence-corrected chi connectivity index (χ2v) is 16.5. The number of aromatic nitrogens is 1.